The smallest absolute Gasteiger partial charge is 0.283 e. The highest BCUT2D eigenvalue weighted by atomic mass is 79.9. The average molecular weight is 298 g/mol. The molecule has 0 saturated heterocycles. The van der Waals surface area contributed by atoms with Crippen LogP contribution in [0, 0.1) is 21.4 Å². The summed E-state index contributed by atoms with van der Waals surface area (Å²) in [6, 6.07) is 6.99. The fraction of sp³-hybridized carbons (Fsp3) is 0.364. The Labute approximate surface area is 108 Å². The molecule has 90 valence electrons. The standard InChI is InChI=1S/C11H12BrN3O2/c1-2-14(7-6-13)8-9-4-3-5-10(11(9)12)15(16)17/h3-5H,2,7-8H2,1H3. The fourth-order valence-corrected chi connectivity index (χ4v) is 1.98. The topological polar surface area (TPSA) is 70.2 Å². The first-order valence-electron chi connectivity index (χ1n) is 5.11. The molecule has 0 atom stereocenters. The quantitative estimate of drug-likeness (QED) is 0.476. The Balaban J connectivity index is 2.95. The first kappa shape index (κ1) is 13.6. The third-order valence-corrected chi connectivity index (χ3v) is 3.31. The van der Waals surface area contributed by atoms with Gasteiger partial charge < -0.3 is 0 Å². The summed E-state index contributed by atoms with van der Waals surface area (Å²) in [5.41, 5.74) is 0.867. The largest absolute Gasteiger partial charge is 0.287 e. The predicted molar refractivity (Wildman–Crippen MR) is 67.4 cm³/mol. The van der Waals surface area contributed by atoms with Crippen molar-refractivity contribution in [1.82, 2.24) is 4.90 Å². The number of nitro benzene ring substituents is 1. The normalized spacial score (nSPS) is 10.2. The molecule has 0 heterocycles. The number of hydrogen-bond acceptors (Lipinski definition) is 4. The summed E-state index contributed by atoms with van der Waals surface area (Å²) in [7, 11) is 0. The maximum absolute atomic E-state index is 10.8. The Morgan fingerprint density at radius 2 is 2.29 bits per heavy atom. The number of nitrogens with zero attached hydrogens (tertiary/aromatic N) is 3. The Hall–Kier alpha value is -1.45. The van der Waals surface area contributed by atoms with E-state index in [1.807, 2.05) is 17.9 Å². The zero-order valence-corrected chi connectivity index (χ0v) is 11.0. The molecule has 6 heteroatoms. The minimum atomic E-state index is -0.422. The molecule has 1 aromatic rings. The Bertz CT molecular complexity index is 457. The van der Waals surface area contributed by atoms with Gasteiger partial charge in [-0.2, -0.15) is 5.26 Å². The molecule has 0 spiro atoms. The van der Waals surface area contributed by atoms with Crippen LogP contribution in [0.3, 0.4) is 0 Å². The molecule has 0 amide bonds. The Morgan fingerprint density at radius 1 is 1.59 bits per heavy atom. The zero-order chi connectivity index (χ0) is 12.8. The van der Waals surface area contributed by atoms with Gasteiger partial charge in [0.05, 0.1) is 22.0 Å². The van der Waals surface area contributed by atoms with Gasteiger partial charge in [-0.25, -0.2) is 0 Å². The second-order valence-corrected chi connectivity index (χ2v) is 4.26. The molecule has 0 fully saturated rings. The van der Waals surface area contributed by atoms with Crippen LogP contribution in [0.25, 0.3) is 0 Å². The summed E-state index contributed by atoms with van der Waals surface area (Å²) in [6.45, 7) is 3.50. The van der Waals surface area contributed by atoms with Crippen molar-refractivity contribution in [3.63, 3.8) is 0 Å². The highest BCUT2D eigenvalue weighted by Gasteiger charge is 2.16. The van der Waals surface area contributed by atoms with Gasteiger partial charge in [-0.3, -0.25) is 15.0 Å². The number of halogens is 1. The van der Waals surface area contributed by atoms with Crippen molar-refractivity contribution in [3.8, 4) is 6.07 Å². The molecule has 0 saturated carbocycles. The van der Waals surface area contributed by atoms with E-state index in [1.165, 1.54) is 6.07 Å². The molecular formula is C11H12BrN3O2. The number of hydrogen-bond donors (Lipinski definition) is 0. The van der Waals surface area contributed by atoms with Crippen molar-refractivity contribution in [3.05, 3.63) is 38.3 Å². The monoisotopic (exact) mass is 297 g/mol. The maximum Gasteiger partial charge on any atom is 0.283 e. The summed E-state index contributed by atoms with van der Waals surface area (Å²) >= 11 is 3.24. The van der Waals surface area contributed by atoms with E-state index in [-0.39, 0.29) is 5.69 Å². The van der Waals surface area contributed by atoms with Crippen LogP contribution in [-0.4, -0.2) is 22.9 Å². The number of rotatable bonds is 5. The van der Waals surface area contributed by atoms with Gasteiger partial charge in [-0.05, 0) is 28.0 Å². The average Bonchev–Trinajstić information content (AvgIpc) is 2.30. The van der Waals surface area contributed by atoms with Crippen LogP contribution < -0.4 is 0 Å². The van der Waals surface area contributed by atoms with Crippen LogP contribution in [0.15, 0.2) is 22.7 Å². The lowest BCUT2D eigenvalue weighted by Gasteiger charge is -2.17. The summed E-state index contributed by atoms with van der Waals surface area (Å²) in [6.07, 6.45) is 0. The van der Waals surface area contributed by atoms with Crippen molar-refractivity contribution in [2.75, 3.05) is 13.1 Å². The third kappa shape index (κ3) is 3.51. The predicted octanol–water partition coefficient (Wildman–Crippen LogP) is 2.70. The van der Waals surface area contributed by atoms with Crippen LogP contribution in [0.4, 0.5) is 5.69 Å². The zero-order valence-electron chi connectivity index (χ0n) is 9.39. The minimum Gasteiger partial charge on any atom is -0.287 e. The number of nitro groups is 1. The lowest BCUT2D eigenvalue weighted by Crippen LogP contribution is -2.23. The number of benzene rings is 1. The van der Waals surface area contributed by atoms with Gasteiger partial charge >= 0.3 is 0 Å². The van der Waals surface area contributed by atoms with Gasteiger partial charge in [0.25, 0.3) is 5.69 Å². The molecule has 0 radical (unpaired) electrons. The molecule has 0 bridgehead atoms. The highest BCUT2D eigenvalue weighted by Crippen LogP contribution is 2.28. The van der Waals surface area contributed by atoms with Crippen molar-refractivity contribution >= 4 is 21.6 Å². The van der Waals surface area contributed by atoms with E-state index in [0.29, 0.717) is 17.6 Å². The molecule has 0 aliphatic rings. The molecule has 1 aromatic carbocycles. The Morgan fingerprint density at radius 3 is 2.82 bits per heavy atom. The SMILES string of the molecule is CCN(CC#N)Cc1cccc([N+](=O)[O-])c1Br. The van der Waals surface area contributed by atoms with Gasteiger partial charge in [0.1, 0.15) is 0 Å². The molecule has 17 heavy (non-hydrogen) atoms. The van der Waals surface area contributed by atoms with Crippen LogP contribution in [0.2, 0.25) is 0 Å². The molecule has 0 aromatic heterocycles. The van der Waals surface area contributed by atoms with E-state index in [9.17, 15) is 10.1 Å². The van der Waals surface area contributed by atoms with Crippen molar-refractivity contribution in [1.29, 1.82) is 5.26 Å². The van der Waals surface area contributed by atoms with E-state index < -0.39 is 4.92 Å². The van der Waals surface area contributed by atoms with Crippen LogP contribution in [-0.2, 0) is 6.54 Å². The lowest BCUT2D eigenvalue weighted by atomic mass is 10.2. The van der Waals surface area contributed by atoms with Crippen molar-refractivity contribution in [2.24, 2.45) is 0 Å². The van der Waals surface area contributed by atoms with E-state index >= 15 is 0 Å². The van der Waals surface area contributed by atoms with Crippen molar-refractivity contribution in [2.45, 2.75) is 13.5 Å². The van der Waals surface area contributed by atoms with Crippen molar-refractivity contribution < 1.29 is 4.92 Å². The molecular weight excluding hydrogens is 286 g/mol. The van der Waals surface area contributed by atoms with Gasteiger partial charge in [0, 0.05) is 12.6 Å². The molecule has 5 nitrogen and oxygen atoms in total. The Kier molecular flexibility index (Phi) is 5.07. The first-order chi connectivity index (χ1) is 8.10. The van der Waals surface area contributed by atoms with Crippen LogP contribution >= 0.6 is 15.9 Å². The molecule has 0 N–H and O–H groups in total. The summed E-state index contributed by atoms with van der Waals surface area (Å²) in [5, 5.41) is 19.4. The van der Waals surface area contributed by atoms with Crippen LogP contribution in [0.5, 0.6) is 0 Å². The minimum absolute atomic E-state index is 0.0514. The second-order valence-electron chi connectivity index (χ2n) is 3.47. The van der Waals surface area contributed by atoms with Gasteiger partial charge in [-0.15, -0.1) is 0 Å². The first-order valence-corrected chi connectivity index (χ1v) is 5.90. The summed E-state index contributed by atoms with van der Waals surface area (Å²) in [4.78, 5) is 12.2. The summed E-state index contributed by atoms with van der Waals surface area (Å²) < 4.78 is 0.487. The molecule has 0 aliphatic carbocycles. The highest BCUT2D eigenvalue weighted by molar-refractivity contribution is 9.10. The van der Waals surface area contributed by atoms with Gasteiger partial charge in [0.2, 0.25) is 0 Å². The maximum atomic E-state index is 10.8. The molecule has 0 unspecified atom stereocenters. The van der Waals surface area contributed by atoms with E-state index in [4.69, 9.17) is 5.26 Å². The van der Waals surface area contributed by atoms with Crippen LogP contribution in [0.1, 0.15) is 12.5 Å². The fourth-order valence-electron chi connectivity index (χ4n) is 1.45. The van der Waals surface area contributed by atoms with Gasteiger partial charge in [0.15, 0.2) is 0 Å². The van der Waals surface area contributed by atoms with E-state index in [2.05, 4.69) is 22.0 Å². The van der Waals surface area contributed by atoms with E-state index in [1.54, 1.807) is 6.07 Å². The summed E-state index contributed by atoms with van der Waals surface area (Å²) in [5.74, 6) is 0. The molecule has 1 rings (SSSR count). The second kappa shape index (κ2) is 6.33. The molecule has 0 aliphatic heterocycles. The third-order valence-electron chi connectivity index (χ3n) is 2.39. The lowest BCUT2D eigenvalue weighted by molar-refractivity contribution is -0.385. The van der Waals surface area contributed by atoms with Gasteiger partial charge in [-0.1, -0.05) is 19.1 Å². The van der Waals surface area contributed by atoms with E-state index in [0.717, 1.165) is 12.1 Å². The number of nitriles is 1.